The van der Waals surface area contributed by atoms with E-state index in [4.69, 9.17) is 9.47 Å². The Hall–Kier alpha value is -1.76. The van der Waals surface area contributed by atoms with E-state index >= 15 is 0 Å². The van der Waals surface area contributed by atoms with Crippen LogP contribution in [0.15, 0.2) is 24.3 Å². The lowest BCUT2D eigenvalue weighted by atomic mass is 10.1. The molecule has 1 aliphatic rings. The number of aromatic nitrogens is 1. The first kappa shape index (κ1) is 15.1. The van der Waals surface area contributed by atoms with Gasteiger partial charge < -0.3 is 14.6 Å². The van der Waals surface area contributed by atoms with Crippen LogP contribution in [0.2, 0.25) is 0 Å². The number of ether oxygens (including phenoxy) is 2. The van der Waals surface area contributed by atoms with Crippen LogP contribution in [0, 0.1) is 6.92 Å². The Balaban J connectivity index is 1.80. The molecule has 3 rings (SSSR count). The SMILES string of the molecule is Cc1nc(C(=O)O)c(-c2cccc(COC3CCOC3)c2)s1. The quantitative estimate of drug-likeness (QED) is 0.917. The Bertz CT molecular complexity index is 677. The number of carboxylic acids is 1. The minimum Gasteiger partial charge on any atom is -0.476 e. The monoisotopic (exact) mass is 319 g/mol. The third-order valence-electron chi connectivity index (χ3n) is 3.50. The lowest BCUT2D eigenvalue weighted by molar-refractivity contribution is 0.0318. The van der Waals surface area contributed by atoms with Crippen molar-refractivity contribution in [2.45, 2.75) is 26.1 Å². The number of hydrogen-bond donors (Lipinski definition) is 1. The average Bonchev–Trinajstić information content (AvgIpc) is 3.14. The Morgan fingerprint density at radius 2 is 2.41 bits per heavy atom. The van der Waals surface area contributed by atoms with E-state index in [0.29, 0.717) is 18.1 Å². The Labute approximate surface area is 132 Å². The highest BCUT2D eigenvalue weighted by molar-refractivity contribution is 7.15. The summed E-state index contributed by atoms with van der Waals surface area (Å²) in [5, 5.41) is 10.0. The molecule has 0 radical (unpaired) electrons. The number of hydrogen-bond acceptors (Lipinski definition) is 5. The van der Waals surface area contributed by atoms with Crippen LogP contribution < -0.4 is 0 Å². The third-order valence-corrected chi connectivity index (χ3v) is 4.52. The van der Waals surface area contributed by atoms with E-state index in [9.17, 15) is 9.90 Å². The van der Waals surface area contributed by atoms with Gasteiger partial charge in [0.1, 0.15) is 0 Å². The average molecular weight is 319 g/mol. The standard InChI is InChI=1S/C16H17NO4S/c1-10-17-14(16(18)19)15(22-10)12-4-2-3-11(7-12)8-21-13-5-6-20-9-13/h2-4,7,13H,5-6,8-9H2,1H3,(H,18,19). The van der Waals surface area contributed by atoms with Crippen molar-refractivity contribution in [2.75, 3.05) is 13.2 Å². The number of thiazole rings is 1. The maximum atomic E-state index is 11.3. The summed E-state index contributed by atoms with van der Waals surface area (Å²) in [6.45, 7) is 3.72. The zero-order chi connectivity index (χ0) is 15.5. The highest BCUT2D eigenvalue weighted by atomic mass is 32.1. The van der Waals surface area contributed by atoms with E-state index in [0.717, 1.165) is 29.2 Å². The molecule has 1 unspecified atom stereocenters. The van der Waals surface area contributed by atoms with Crippen molar-refractivity contribution in [2.24, 2.45) is 0 Å². The van der Waals surface area contributed by atoms with Gasteiger partial charge >= 0.3 is 5.97 Å². The Morgan fingerprint density at radius 1 is 1.55 bits per heavy atom. The maximum absolute atomic E-state index is 11.3. The topological polar surface area (TPSA) is 68.7 Å². The number of rotatable bonds is 5. The van der Waals surface area contributed by atoms with E-state index in [-0.39, 0.29) is 11.8 Å². The van der Waals surface area contributed by atoms with Crippen molar-refractivity contribution < 1.29 is 19.4 Å². The van der Waals surface area contributed by atoms with E-state index in [1.54, 1.807) is 0 Å². The fourth-order valence-corrected chi connectivity index (χ4v) is 3.34. The lowest BCUT2D eigenvalue weighted by Gasteiger charge is -2.10. The summed E-state index contributed by atoms with van der Waals surface area (Å²) in [6, 6.07) is 7.77. The molecule has 1 N–H and O–H groups in total. The minimum atomic E-state index is -0.996. The molecule has 1 aromatic carbocycles. The third kappa shape index (κ3) is 3.35. The molecule has 1 aromatic heterocycles. The molecule has 0 bridgehead atoms. The van der Waals surface area contributed by atoms with Gasteiger partial charge in [-0.2, -0.15) is 0 Å². The van der Waals surface area contributed by atoms with E-state index in [1.807, 2.05) is 31.2 Å². The molecule has 6 heteroatoms. The van der Waals surface area contributed by atoms with E-state index in [1.165, 1.54) is 11.3 Å². The summed E-state index contributed by atoms with van der Waals surface area (Å²) in [5.41, 5.74) is 2.00. The first-order chi connectivity index (χ1) is 10.6. The second-order valence-electron chi connectivity index (χ2n) is 5.21. The van der Waals surface area contributed by atoms with Crippen molar-refractivity contribution in [3.63, 3.8) is 0 Å². The summed E-state index contributed by atoms with van der Waals surface area (Å²) in [5.74, 6) is -0.996. The molecule has 1 aliphatic heterocycles. The first-order valence-corrected chi connectivity index (χ1v) is 7.94. The van der Waals surface area contributed by atoms with Crippen LogP contribution in [-0.2, 0) is 16.1 Å². The van der Waals surface area contributed by atoms with Crippen molar-refractivity contribution >= 4 is 17.3 Å². The van der Waals surface area contributed by atoms with Crippen LogP contribution in [0.1, 0.15) is 27.5 Å². The summed E-state index contributed by atoms with van der Waals surface area (Å²) < 4.78 is 11.1. The molecule has 5 nitrogen and oxygen atoms in total. The van der Waals surface area contributed by atoms with Gasteiger partial charge in [0.05, 0.1) is 29.2 Å². The van der Waals surface area contributed by atoms with Crippen molar-refractivity contribution in [1.82, 2.24) is 4.98 Å². The number of aryl methyl sites for hydroxylation is 1. The molecule has 0 amide bonds. The van der Waals surface area contributed by atoms with Crippen LogP contribution in [-0.4, -0.2) is 35.4 Å². The van der Waals surface area contributed by atoms with Crippen LogP contribution in [0.25, 0.3) is 10.4 Å². The lowest BCUT2D eigenvalue weighted by Crippen LogP contribution is -2.11. The molecular formula is C16H17NO4S. The van der Waals surface area contributed by atoms with Crippen LogP contribution >= 0.6 is 11.3 Å². The van der Waals surface area contributed by atoms with Gasteiger partial charge in [-0.1, -0.05) is 18.2 Å². The molecule has 1 fully saturated rings. The first-order valence-electron chi connectivity index (χ1n) is 7.13. The van der Waals surface area contributed by atoms with Crippen molar-refractivity contribution in [3.8, 4) is 10.4 Å². The van der Waals surface area contributed by atoms with Crippen LogP contribution in [0.3, 0.4) is 0 Å². The summed E-state index contributed by atoms with van der Waals surface area (Å²) >= 11 is 1.40. The Kier molecular flexibility index (Phi) is 4.52. The molecule has 0 spiro atoms. The molecule has 0 aliphatic carbocycles. The molecule has 2 heterocycles. The van der Waals surface area contributed by atoms with Gasteiger partial charge in [0.15, 0.2) is 5.69 Å². The zero-order valence-corrected chi connectivity index (χ0v) is 13.1. The van der Waals surface area contributed by atoms with Crippen LogP contribution in [0.4, 0.5) is 0 Å². The van der Waals surface area contributed by atoms with Gasteiger partial charge in [-0.05, 0) is 30.5 Å². The number of carbonyl (C=O) groups is 1. The second kappa shape index (κ2) is 6.56. The van der Waals surface area contributed by atoms with Gasteiger partial charge in [-0.3, -0.25) is 0 Å². The molecule has 1 saturated heterocycles. The molecule has 1 atom stereocenters. The van der Waals surface area contributed by atoms with Gasteiger partial charge in [-0.25, -0.2) is 9.78 Å². The van der Waals surface area contributed by atoms with Gasteiger partial charge in [0.25, 0.3) is 0 Å². The molecule has 22 heavy (non-hydrogen) atoms. The smallest absolute Gasteiger partial charge is 0.356 e. The Morgan fingerprint density at radius 3 is 3.14 bits per heavy atom. The fourth-order valence-electron chi connectivity index (χ4n) is 2.43. The van der Waals surface area contributed by atoms with Gasteiger partial charge in [0.2, 0.25) is 0 Å². The van der Waals surface area contributed by atoms with E-state index < -0.39 is 5.97 Å². The molecule has 2 aromatic rings. The minimum absolute atomic E-state index is 0.116. The summed E-state index contributed by atoms with van der Waals surface area (Å²) in [7, 11) is 0. The van der Waals surface area contributed by atoms with Gasteiger partial charge in [0, 0.05) is 6.61 Å². The molecule has 0 saturated carbocycles. The van der Waals surface area contributed by atoms with E-state index in [2.05, 4.69) is 4.98 Å². The number of carboxylic acid groups (broad SMARTS) is 1. The largest absolute Gasteiger partial charge is 0.476 e. The number of aromatic carboxylic acids is 1. The summed E-state index contributed by atoms with van der Waals surface area (Å²) in [4.78, 5) is 16.1. The zero-order valence-electron chi connectivity index (χ0n) is 12.2. The predicted octanol–water partition coefficient (Wildman–Crippen LogP) is 3.12. The van der Waals surface area contributed by atoms with Crippen molar-refractivity contribution in [1.29, 1.82) is 0 Å². The highest BCUT2D eigenvalue weighted by Gasteiger charge is 2.18. The highest BCUT2D eigenvalue weighted by Crippen LogP contribution is 2.31. The van der Waals surface area contributed by atoms with Crippen LogP contribution in [0.5, 0.6) is 0 Å². The van der Waals surface area contributed by atoms with Crippen molar-refractivity contribution in [3.05, 3.63) is 40.5 Å². The molecular weight excluding hydrogens is 302 g/mol. The predicted molar refractivity (Wildman–Crippen MR) is 83.3 cm³/mol. The maximum Gasteiger partial charge on any atom is 0.356 e. The number of nitrogens with zero attached hydrogens (tertiary/aromatic N) is 1. The van der Waals surface area contributed by atoms with Gasteiger partial charge in [-0.15, -0.1) is 11.3 Å². The summed E-state index contributed by atoms with van der Waals surface area (Å²) in [6.07, 6.45) is 1.08. The normalized spacial score (nSPS) is 17.8. The fraction of sp³-hybridized carbons (Fsp3) is 0.375. The second-order valence-corrected chi connectivity index (χ2v) is 6.42. The number of benzene rings is 1. The molecule has 116 valence electrons.